The highest BCUT2D eigenvalue weighted by Gasteiger charge is 2.36. The number of ether oxygens (including phenoxy) is 1. The van der Waals surface area contributed by atoms with Gasteiger partial charge in [0, 0.05) is 38.9 Å². The Kier molecular flexibility index (Phi) is 7.62. The molecule has 0 aliphatic carbocycles. The van der Waals surface area contributed by atoms with E-state index in [2.05, 4.69) is 5.32 Å². The van der Waals surface area contributed by atoms with E-state index in [4.69, 9.17) is 10.5 Å². The smallest absolute Gasteiger partial charge is 0.251 e. The molecule has 0 radical (unpaired) electrons. The highest BCUT2D eigenvalue weighted by Crippen LogP contribution is 2.26. The van der Waals surface area contributed by atoms with Gasteiger partial charge in [0.2, 0.25) is 10.0 Å². The molecule has 1 aliphatic rings. The summed E-state index contributed by atoms with van der Waals surface area (Å²) in [6.07, 6.45) is 1.26. The number of piperidine rings is 1. The van der Waals surface area contributed by atoms with E-state index in [9.17, 15) is 13.2 Å². The highest BCUT2D eigenvalue weighted by molar-refractivity contribution is 7.89. The molecule has 1 heterocycles. The lowest BCUT2D eigenvalue weighted by Crippen LogP contribution is -2.51. The van der Waals surface area contributed by atoms with E-state index < -0.39 is 10.0 Å². The molecule has 1 aromatic carbocycles. The van der Waals surface area contributed by atoms with Crippen LogP contribution < -0.4 is 11.1 Å². The number of carbonyl (C=O) groups excluding carboxylic acids is 1. The van der Waals surface area contributed by atoms with E-state index in [0.717, 1.165) is 0 Å². The highest BCUT2D eigenvalue weighted by atomic mass is 35.5. The number of rotatable bonds is 5. The minimum absolute atomic E-state index is 0. The molecule has 2 atom stereocenters. The Hall–Kier alpha value is -1.19. The SMILES string of the molecule is CNC(=O)c1ccc(S(=O)(=O)N2CCC(OC)CC2CN)cc1.Cl. The van der Waals surface area contributed by atoms with Crippen LogP contribution in [-0.2, 0) is 14.8 Å². The topological polar surface area (TPSA) is 102 Å². The second-order valence-corrected chi connectivity index (χ2v) is 7.38. The first kappa shape index (κ1) is 20.9. The van der Waals surface area contributed by atoms with Crippen molar-refractivity contribution in [3.05, 3.63) is 29.8 Å². The Morgan fingerprint density at radius 1 is 1.38 bits per heavy atom. The molecule has 0 saturated carbocycles. The summed E-state index contributed by atoms with van der Waals surface area (Å²) in [7, 11) is -0.487. The lowest BCUT2D eigenvalue weighted by Gasteiger charge is -2.37. The van der Waals surface area contributed by atoms with Gasteiger partial charge in [-0.3, -0.25) is 4.79 Å². The fourth-order valence-corrected chi connectivity index (χ4v) is 4.46. The predicted octanol–water partition coefficient (Wildman–Crippen LogP) is 0.595. The van der Waals surface area contributed by atoms with Crippen LogP contribution in [0.1, 0.15) is 23.2 Å². The van der Waals surface area contributed by atoms with Gasteiger partial charge in [0.1, 0.15) is 0 Å². The first-order chi connectivity index (χ1) is 10.9. The second-order valence-electron chi connectivity index (χ2n) is 5.49. The zero-order valence-electron chi connectivity index (χ0n) is 13.8. The molecule has 7 nitrogen and oxygen atoms in total. The van der Waals surface area contributed by atoms with Gasteiger partial charge in [-0.2, -0.15) is 4.31 Å². The molecule has 3 N–H and O–H groups in total. The van der Waals surface area contributed by atoms with Crippen molar-refractivity contribution in [2.24, 2.45) is 5.73 Å². The third-order valence-electron chi connectivity index (χ3n) is 4.17. The van der Waals surface area contributed by atoms with Crippen molar-refractivity contribution in [2.75, 3.05) is 27.2 Å². The maximum Gasteiger partial charge on any atom is 0.251 e. The molecule has 0 bridgehead atoms. The van der Waals surface area contributed by atoms with Crippen LogP contribution in [0.15, 0.2) is 29.2 Å². The van der Waals surface area contributed by atoms with E-state index in [-0.39, 0.29) is 41.9 Å². The summed E-state index contributed by atoms with van der Waals surface area (Å²) < 4.78 is 32.4. The Bertz CT molecular complexity index is 651. The minimum Gasteiger partial charge on any atom is -0.381 e. The van der Waals surface area contributed by atoms with Gasteiger partial charge in [-0.25, -0.2) is 8.42 Å². The summed E-state index contributed by atoms with van der Waals surface area (Å²) in [6, 6.07) is 5.64. The molecule has 1 saturated heterocycles. The summed E-state index contributed by atoms with van der Waals surface area (Å²) in [4.78, 5) is 11.7. The average molecular weight is 378 g/mol. The number of sulfonamides is 1. The number of amides is 1. The Morgan fingerprint density at radius 2 is 2.00 bits per heavy atom. The average Bonchev–Trinajstić information content (AvgIpc) is 2.60. The first-order valence-electron chi connectivity index (χ1n) is 7.51. The largest absolute Gasteiger partial charge is 0.381 e. The Balaban J connectivity index is 0.00000288. The third-order valence-corrected chi connectivity index (χ3v) is 6.14. The van der Waals surface area contributed by atoms with Crippen molar-refractivity contribution in [2.45, 2.75) is 29.9 Å². The molecule has 2 unspecified atom stereocenters. The standard InChI is InChI=1S/C15H23N3O4S.ClH/c1-17-15(19)11-3-5-14(6-4-11)23(20,21)18-8-7-13(22-2)9-12(18)10-16;/h3-6,12-13H,7-10,16H2,1-2H3,(H,17,19);1H. The molecule has 1 aliphatic heterocycles. The molecule has 0 aromatic heterocycles. The van der Waals surface area contributed by atoms with Crippen molar-refractivity contribution < 1.29 is 17.9 Å². The lowest BCUT2D eigenvalue weighted by molar-refractivity contribution is 0.0401. The van der Waals surface area contributed by atoms with Crippen LogP contribution in [0.5, 0.6) is 0 Å². The lowest BCUT2D eigenvalue weighted by atomic mass is 10.0. The maximum atomic E-state index is 12.8. The van der Waals surface area contributed by atoms with E-state index in [1.807, 2.05) is 0 Å². The molecule has 0 spiro atoms. The van der Waals surface area contributed by atoms with Crippen LogP contribution in [-0.4, -0.2) is 58.0 Å². The number of methoxy groups -OCH3 is 1. The van der Waals surface area contributed by atoms with Gasteiger partial charge >= 0.3 is 0 Å². The predicted molar refractivity (Wildman–Crippen MR) is 93.8 cm³/mol. The number of hydrogen-bond acceptors (Lipinski definition) is 5. The first-order valence-corrected chi connectivity index (χ1v) is 8.95. The van der Waals surface area contributed by atoms with Crippen LogP contribution in [0.25, 0.3) is 0 Å². The molecule has 24 heavy (non-hydrogen) atoms. The number of halogens is 1. The van der Waals surface area contributed by atoms with Crippen molar-refractivity contribution in [1.29, 1.82) is 0 Å². The van der Waals surface area contributed by atoms with E-state index >= 15 is 0 Å². The van der Waals surface area contributed by atoms with Crippen molar-refractivity contribution in [1.82, 2.24) is 9.62 Å². The van der Waals surface area contributed by atoms with Gasteiger partial charge < -0.3 is 15.8 Å². The fourth-order valence-electron chi connectivity index (χ4n) is 2.79. The number of nitrogens with two attached hydrogens (primary N) is 1. The quantitative estimate of drug-likeness (QED) is 0.782. The van der Waals surface area contributed by atoms with E-state index in [1.54, 1.807) is 7.11 Å². The Morgan fingerprint density at radius 3 is 2.50 bits per heavy atom. The van der Waals surface area contributed by atoms with Crippen LogP contribution in [0.2, 0.25) is 0 Å². The molecule has 9 heteroatoms. The van der Waals surface area contributed by atoms with Crippen LogP contribution in [0.3, 0.4) is 0 Å². The molecule has 1 amide bonds. The molecular formula is C15H24ClN3O4S. The number of nitrogens with one attached hydrogen (secondary N) is 1. The number of carbonyl (C=O) groups is 1. The molecule has 136 valence electrons. The number of nitrogens with zero attached hydrogens (tertiary/aromatic N) is 1. The maximum absolute atomic E-state index is 12.8. The summed E-state index contributed by atoms with van der Waals surface area (Å²) in [5, 5.41) is 2.50. The van der Waals surface area contributed by atoms with Crippen molar-refractivity contribution in [3.63, 3.8) is 0 Å². The van der Waals surface area contributed by atoms with Gasteiger partial charge in [-0.05, 0) is 37.1 Å². The van der Waals surface area contributed by atoms with Crippen LogP contribution >= 0.6 is 12.4 Å². The fraction of sp³-hybridized carbons (Fsp3) is 0.533. The third kappa shape index (κ3) is 4.25. The van der Waals surface area contributed by atoms with E-state index in [1.165, 1.54) is 35.6 Å². The zero-order chi connectivity index (χ0) is 17.0. The Labute approximate surface area is 149 Å². The summed E-state index contributed by atoms with van der Waals surface area (Å²) in [5.74, 6) is -0.255. The molecular weight excluding hydrogens is 354 g/mol. The molecule has 1 aromatic rings. The number of benzene rings is 1. The minimum atomic E-state index is -3.64. The van der Waals surface area contributed by atoms with Crippen molar-refractivity contribution >= 4 is 28.3 Å². The zero-order valence-corrected chi connectivity index (χ0v) is 15.4. The van der Waals surface area contributed by atoms with Gasteiger partial charge in [-0.15, -0.1) is 12.4 Å². The van der Waals surface area contributed by atoms with Gasteiger partial charge in [-0.1, -0.05) is 0 Å². The van der Waals surface area contributed by atoms with Gasteiger partial charge in [0.05, 0.1) is 11.0 Å². The van der Waals surface area contributed by atoms with E-state index in [0.29, 0.717) is 24.9 Å². The molecule has 1 fully saturated rings. The normalized spacial score (nSPS) is 21.8. The second kappa shape index (κ2) is 8.77. The van der Waals surface area contributed by atoms with Crippen LogP contribution in [0.4, 0.5) is 0 Å². The summed E-state index contributed by atoms with van der Waals surface area (Å²) in [6.45, 7) is 0.620. The summed E-state index contributed by atoms with van der Waals surface area (Å²) in [5.41, 5.74) is 6.17. The van der Waals surface area contributed by atoms with Gasteiger partial charge in [0.15, 0.2) is 0 Å². The van der Waals surface area contributed by atoms with Gasteiger partial charge in [0.25, 0.3) is 5.91 Å². The van der Waals surface area contributed by atoms with Crippen LogP contribution in [0, 0.1) is 0 Å². The van der Waals surface area contributed by atoms with Crippen molar-refractivity contribution in [3.8, 4) is 0 Å². The number of hydrogen-bond donors (Lipinski definition) is 2. The molecule has 2 rings (SSSR count). The monoisotopic (exact) mass is 377 g/mol. The summed E-state index contributed by atoms with van der Waals surface area (Å²) >= 11 is 0.